The first-order chi connectivity index (χ1) is 8.65. The van der Waals surface area contributed by atoms with Gasteiger partial charge >= 0.3 is 11.9 Å². The molecule has 4 heteroatoms. The highest BCUT2D eigenvalue weighted by Gasteiger charge is 2.24. The lowest BCUT2D eigenvalue weighted by Gasteiger charge is -2.14. The predicted octanol–water partition coefficient (Wildman–Crippen LogP) is 2.59. The molecule has 1 N–H and O–H groups in total. The third-order valence-corrected chi connectivity index (χ3v) is 2.61. The summed E-state index contributed by atoms with van der Waals surface area (Å²) in [6.07, 6.45) is 1.48. The Balaban J connectivity index is 2.72. The molecule has 0 aliphatic heterocycles. The van der Waals surface area contributed by atoms with E-state index in [2.05, 4.69) is 0 Å². The number of carboxylic acids is 1. The number of ether oxygens (including phenoxy) is 1. The van der Waals surface area contributed by atoms with Crippen molar-refractivity contribution in [3.05, 3.63) is 35.9 Å². The number of carbonyl (C=O) groups is 2. The molecule has 0 aliphatic carbocycles. The standard InChI is InChI=1S/C14H18O4/c1-2-3-9-18-14(17)12(10-13(15)16)11-7-5-4-6-8-11/h4-8,12H,2-3,9-10H2,1H3,(H,15,16)/t12-/m0/s1. The van der Waals surface area contributed by atoms with E-state index in [4.69, 9.17) is 9.84 Å². The third-order valence-electron chi connectivity index (χ3n) is 2.61. The van der Waals surface area contributed by atoms with Gasteiger partial charge in [0.1, 0.15) is 0 Å². The minimum Gasteiger partial charge on any atom is -0.481 e. The van der Waals surface area contributed by atoms with E-state index in [1.807, 2.05) is 13.0 Å². The van der Waals surface area contributed by atoms with E-state index in [-0.39, 0.29) is 6.42 Å². The lowest BCUT2D eigenvalue weighted by molar-refractivity contribution is -0.149. The van der Waals surface area contributed by atoms with Crippen LogP contribution in [-0.4, -0.2) is 23.7 Å². The van der Waals surface area contributed by atoms with Crippen molar-refractivity contribution in [1.82, 2.24) is 0 Å². The first-order valence-electron chi connectivity index (χ1n) is 6.08. The molecule has 98 valence electrons. The summed E-state index contributed by atoms with van der Waals surface area (Å²) in [7, 11) is 0. The van der Waals surface area contributed by atoms with Crippen LogP contribution in [0.3, 0.4) is 0 Å². The van der Waals surface area contributed by atoms with Crippen molar-refractivity contribution in [1.29, 1.82) is 0 Å². The first kappa shape index (κ1) is 14.2. The molecular weight excluding hydrogens is 232 g/mol. The highest BCUT2D eigenvalue weighted by Crippen LogP contribution is 2.21. The average molecular weight is 250 g/mol. The molecule has 0 aromatic heterocycles. The van der Waals surface area contributed by atoms with Gasteiger partial charge in [0.05, 0.1) is 18.9 Å². The van der Waals surface area contributed by atoms with Crippen LogP contribution in [0.2, 0.25) is 0 Å². The zero-order valence-electron chi connectivity index (χ0n) is 10.5. The Morgan fingerprint density at radius 3 is 2.50 bits per heavy atom. The molecule has 1 aromatic carbocycles. The second-order valence-electron chi connectivity index (χ2n) is 4.08. The van der Waals surface area contributed by atoms with Crippen molar-refractivity contribution in [3.63, 3.8) is 0 Å². The van der Waals surface area contributed by atoms with Crippen LogP contribution in [0.1, 0.15) is 37.7 Å². The lowest BCUT2D eigenvalue weighted by atomic mass is 9.96. The zero-order chi connectivity index (χ0) is 13.4. The second kappa shape index (κ2) is 7.48. The minimum absolute atomic E-state index is 0.241. The van der Waals surface area contributed by atoms with Crippen molar-refractivity contribution >= 4 is 11.9 Å². The number of benzene rings is 1. The van der Waals surface area contributed by atoms with Crippen LogP contribution in [0.25, 0.3) is 0 Å². The van der Waals surface area contributed by atoms with Crippen molar-refractivity contribution in [2.24, 2.45) is 0 Å². The molecule has 1 aromatic rings. The molecule has 0 bridgehead atoms. The molecule has 1 atom stereocenters. The second-order valence-corrected chi connectivity index (χ2v) is 4.08. The average Bonchev–Trinajstić information content (AvgIpc) is 2.37. The Kier molecular flexibility index (Phi) is 5.91. The van der Waals surface area contributed by atoms with Crippen LogP contribution in [0.5, 0.6) is 0 Å². The highest BCUT2D eigenvalue weighted by molar-refractivity contribution is 5.83. The molecule has 0 amide bonds. The summed E-state index contributed by atoms with van der Waals surface area (Å²) in [6.45, 7) is 2.35. The summed E-state index contributed by atoms with van der Waals surface area (Å²) < 4.78 is 5.10. The summed E-state index contributed by atoms with van der Waals surface area (Å²) >= 11 is 0. The van der Waals surface area contributed by atoms with Crippen LogP contribution in [0.15, 0.2) is 30.3 Å². The van der Waals surface area contributed by atoms with Gasteiger partial charge in [-0.25, -0.2) is 0 Å². The van der Waals surface area contributed by atoms with Gasteiger partial charge in [0, 0.05) is 0 Å². The van der Waals surface area contributed by atoms with Crippen LogP contribution < -0.4 is 0 Å². The van der Waals surface area contributed by atoms with Gasteiger partial charge in [-0.3, -0.25) is 9.59 Å². The highest BCUT2D eigenvalue weighted by atomic mass is 16.5. The van der Waals surface area contributed by atoms with Crippen LogP contribution in [-0.2, 0) is 14.3 Å². The molecule has 0 unspecified atom stereocenters. The van der Waals surface area contributed by atoms with E-state index in [9.17, 15) is 9.59 Å². The Morgan fingerprint density at radius 1 is 1.28 bits per heavy atom. The van der Waals surface area contributed by atoms with Crippen molar-refractivity contribution in [2.45, 2.75) is 32.1 Å². The predicted molar refractivity (Wildman–Crippen MR) is 67.3 cm³/mol. The van der Waals surface area contributed by atoms with E-state index in [1.54, 1.807) is 24.3 Å². The van der Waals surface area contributed by atoms with Crippen molar-refractivity contribution in [3.8, 4) is 0 Å². The fourth-order valence-electron chi connectivity index (χ4n) is 1.61. The van der Waals surface area contributed by atoms with E-state index in [0.717, 1.165) is 12.8 Å². The summed E-state index contributed by atoms with van der Waals surface area (Å²) in [5.74, 6) is -2.19. The number of carbonyl (C=O) groups excluding carboxylic acids is 1. The zero-order valence-corrected chi connectivity index (χ0v) is 10.5. The Hall–Kier alpha value is -1.84. The fourth-order valence-corrected chi connectivity index (χ4v) is 1.61. The van der Waals surface area contributed by atoms with Gasteiger partial charge in [-0.15, -0.1) is 0 Å². The van der Waals surface area contributed by atoms with Gasteiger partial charge in [-0.05, 0) is 12.0 Å². The molecule has 18 heavy (non-hydrogen) atoms. The van der Waals surface area contributed by atoms with Gasteiger partial charge < -0.3 is 9.84 Å². The Labute approximate surface area is 107 Å². The van der Waals surface area contributed by atoms with Crippen LogP contribution in [0, 0.1) is 0 Å². The molecule has 0 fully saturated rings. The van der Waals surface area contributed by atoms with Gasteiger partial charge in [-0.1, -0.05) is 43.7 Å². The third kappa shape index (κ3) is 4.57. The van der Waals surface area contributed by atoms with Crippen molar-refractivity contribution < 1.29 is 19.4 Å². The van der Waals surface area contributed by atoms with E-state index in [1.165, 1.54) is 0 Å². The lowest BCUT2D eigenvalue weighted by Crippen LogP contribution is -2.19. The molecule has 0 radical (unpaired) electrons. The maximum Gasteiger partial charge on any atom is 0.314 e. The SMILES string of the molecule is CCCCOC(=O)[C@@H](CC(=O)O)c1ccccc1. The van der Waals surface area contributed by atoms with Crippen LogP contribution >= 0.6 is 0 Å². The largest absolute Gasteiger partial charge is 0.481 e. The van der Waals surface area contributed by atoms with Gasteiger partial charge in [0.15, 0.2) is 0 Å². The molecular formula is C14H18O4. The molecule has 1 rings (SSSR count). The maximum atomic E-state index is 11.9. The number of esters is 1. The molecule has 4 nitrogen and oxygen atoms in total. The Bertz CT molecular complexity index is 386. The van der Waals surface area contributed by atoms with E-state index >= 15 is 0 Å². The van der Waals surface area contributed by atoms with Crippen LogP contribution in [0.4, 0.5) is 0 Å². The number of aliphatic carboxylic acids is 1. The van der Waals surface area contributed by atoms with Gasteiger partial charge in [0.25, 0.3) is 0 Å². The first-order valence-corrected chi connectivity index (χ1v) is 6.08. The smallest absolute Gasteiger partial charge is 0.314 e. The molecule has 0 spiro atoms. The van der Waals surface area contributed by atoms with Gasteiger partial charge in [-0.2, -0.15) is 0 Å². The molecule has 0 saturated carbocycles. The quantitative estimate of drug-likeness (QED) is 0.596. The summed E-state index contributed by atoms with van der Waals surface area (Å²) in [4.78, 5) is 22.7. The number of rotatable bonds is 7. The summed E-state index contributed by atoms with van der Waals surface area (Å²) in [6, 6.07) is 8.88. The topological polar surface area (TPSA) is 63.6 Å². The number of hydrogen-bond donors (Lipinski definition) is 1. The van der Waals surface area contributed by atoms with E-state index in [0.29, 0.717) is 12.2 Å². The fraction of sp³-hybridized carbons (Fsp3) is 0.429. The van der Waals surface area contributed by atoms with Gasteiger partial charge in [0.2, 0.25) is 0 Å². The monoisotopic (exact) mass is 250 g/mol. The van der Waals surface area contributed by atoms with Crippen molar-refractivity contribution in [2.75, 3.05) is 6.61 Å². The molecule has 0 aliphatic rings. The number of carboxylic acid groups (broad SMARTS) is 1. The maximum absolute atomic E-state index is 11.9. The summed E-state index contributed by atoms with van der Waals surface area (Å²) in [5, 5.41) is 8.86. The minimum atomic E-state index is -1.00. The Morgan fingerprint density at radius 2 is 1.94 bits per heavy atom. The normalized spacial score (nSPS) is 11.8. The molecule has 0 saturated heterocycles. The number of unbranched alkanes of at least 4 members (excludes halogenated alkanes) is 1. The molecule has 0 heterocycles. The van der Waals surface area contributed by atoms with E-state index < -0.39 is 17.9 Å². The summed E-state index contributed by atoms with van der Waals surface area (Å²) in [5.41, 5.74) is 0.682. The number of hydrogen-bond acceptors (Lipinski definition) is 3.